The number of nitrogens with one attached hydrogen (secondary N) is 2. The van der Waals surface area contributed by atoms with Crippen molar-refractivity contribution in [2.75, 3.05) is 5.32 Å². The summed E-state index contributed by atoms with van der Waals surface area (Å²) in [5, 5.41) is 11.9. The Kier molecular flexibility index (Phi) is 4.88. The van der Waals surface area contributed by atoms with Crippen molar-refractivity contribution in [2.45, 2.75) is 63.1 Å². The van der Waals surface area contributed by atoms with Crippen LogP contribution in [-0.2, 0) is 42.3 Å². The maximum atomic E-state index is 12.5. The van der Waals surface area contributed by atoms with Crippen molar-refractivity contribution in [3.8, 4) is 0 Å². The molecule has 1 heterocycles. The number of amides is 2. The summed E-state index contributed by atoms with van der Waals surface area (Å²) in [5.41, 5.74) is 5.57. The van der Waals surface area contributed by atoms with Gasteiger partial charge in [-0.2, -0.15) is 8.42 Å². The van der Waals surface area contributed by atoms with Gasteiger partial charge in [0.2, 0.25) is 0 Å². The SMILES string of the molecule is C[C@H](O)Cn1cnc(S(=O)(=O)NC(=O)Nc2c3c(cc4c2CCC4)CCC3)c1. The van der Waals surface area contributed by atoms with Gasteiger partial charge in [0.1, 0.15) is 0 Å². The smallest absolute Gasteiger partial charge is 0.333 e. The molecule has 2 aliphatic carbocycles. The Morgan fingerprint density at radius 2 is 1.86 bits per heavy atom. The third-order valence-corrected chi connectivity index (χ3v) is 6.51. The predicted molar refractivity (Wildman–Crippen MR) is 104 cm³/mol. The van der Waals surface area contributed by atoms with Gasteiger partial charge >= 0.3 is 6.03 Å². The molecule has 28 heavy (non-hydrogen) atoms. The molecule has 0 saturated carbocycles. The number of rotatable bonds is 5. The van der Waals surface area contributed by atoms with Crippen LogP contribution >= 0.6 is 0 Å². The van der Waals surface area contributed by atoms with Gasteiger partial charge in [-0.1, -0.05) is 6.07 Å². The van der Waals surface area contributed by atoms with Crippen LogP contribution in [0.2, 0.25) is 0 Å². The van der Waals surface area contributed by atoms with E-state index in [0.717, 1.165) is 55.3 Å². The topological polar surface area (TPSA) is 113 Å². The van der Waals surface area contributed by atoms with Crippen LogP contribution in [0, 0.1) is 0 Å². The van der Waals surface area contributed by atoms with E-state index in [2.05, 4.69) is 21.1 Å². The lowest BCUT2D eigenvalue weighted by Crippen LogP contribution is -2.35. The summed E-state index contributed by atoms with van der Waals surface area (Å²) in [6.07, 6.45) is 7.86. The summed E-state index contributed by atoms with van der Waals surface area (Å²) in [7, 11) is -4.10. The van der Waals surface area contributed by atoms with Gasteiger partial charge in [-0.25, -0.2) is 14.5 Å². The number of sulfonamides is 1. The van der Waals surface area contributed by atoms with Gasteiger partial charge in [-0.3, -0.25) is 0 Å². The quantitative estimate of drug-likeness (QED) is 0.703. The number of fused-ring (bicyclic) bond motifs is 2. The van der Waals surface area contributed by atoms with Crippen molar-refractivity contribution < 1.29 is 18.3 Å². The molecule has 0 bridgehead atoms. The van der Waals surface area contributed by atoms with E-state index in [1.54, 1.807) is 6.92 Å². The van der Waals surface area contributed by atoms with E-state index < -0.39 is 22.2 Å². The fourth-order valence-corrected chi connectivity index (χ4v) is 5.02. The summed E-state index contributed by atoms with van der Waals surface area (Å²) < 4.78 is 28.5. The molecule has 0 aliphatic heterocycles. The Bertz CT molecular complexity index is 995. The zero-order valence-electron chi connectivity index (χ0n) is 15.7. The molecule has 4 rings (SSSR count). The summed E-state index contributed by atoms with van der Waals surface area (Å²) in [5.74, 6) is 0. The highest BCUT2D eigenvalue weighted by Crippen LogP contribution is 2.38. The van der Waals surface area contributed by atoms with Gasteiger partial charge in [0.25, 0.3) is 10.0 Å². The summed E-state index contributed by atoms with van der Waals surface area (Å²) in [4.78, 5) is 16.3. The van der Waals surface area contributed by atoms with Crippen LogP contribution in [0.5, 0.6) is 0 Å². The molecular weight excluding hydrogens is 380 g/mol. The molecule has 1 aromatic carbocycles. The molecule has 0 spiro atoms. The van der Waals surface area contributed by atoms with E-state index in [9.17, 15) is 18.3 Å². The van der Waals surface area contributed by atoms with Crippen LogP contribution in [0.1, 0.15) is 42.0 Å². The van der Waals surface area contributed by atoms with Gasteiger partial charge in [0.05, 0.1) is 12.4 Å². The summed E-state index contributed by atoms with van der Waals surface area (Å²) >= 11 is 0. The number of anilines is 1. The van der Waals surface area contributed by atoms with Gasteiger partial charge in [0, 0.05) is 18.4 Å². The lowest BCUT2D eigenvalue weighted by atomic mass is 9.99. The number of urea groups is 1. The zero-order valence-corrected chi connectivity index (χ0v) is 16.6. The second kappa shape index (κ2) is 7.21. The Morgan fingerprint density at radius 1 is 1.21 bits per heavy atom. The van der Waals surface area contributed by atoms with E-state index >= 15 is 0 Å². The monoisotopic (exact) mass is 404 g/mol. The van der Waals surface area contributed by atoms with Gasteiger partial charge in [-0.05, 0) is 67.7 Å². The van der Waals surface area contributed by atoms with Crippen LogP contribution in [-0.4, -0.2) is 35.2 Å². The number of aliphatic hydroxyl groups excluding tert-OH is 1. The zero-order chi connectivity index (χ0) is 19.9. The van der Waals surface area contributed by atoms with Crippen molar-refractivity contribution in [2.24, 2.45) is 0 Å². The highest BCUT2D eigenvalue weighted by molar-refractivity contribution is 7.90. The van der Waals surface area contributed by atoms with E-state index in [0.29, 0.717) is 0 Å². The van der Waals surface area contributed by atoms with Crippen LogP contribution in [0.15, 0.2) is 23.6 Å². The first-order chi connectivity index (χ1) is 13.3. The maximum Gasteiger partial charge on any atom is 0.333 e. The number of benzene rings is 1. The molecule has 0 radical (unpaired) electrons. The predicted octanol–water partition coefficient (Wildman–Crippen LogP) is 1.75. The lowest BCUT2D eigenvalue weighted by Gasteiger charge is -2.16. The average Bonchev–Trinajstić information content (AvgIpc) is 3.32. The molecule has 150 valence electrons. The molecule has 0 saturated heterocycles. The second-order valence-electron chi connectivity index (χ2n) is 7.55. The normalized spacial score (nSPS) is 16.5. The number of aliphatic hydroxyl groups is 1. The standard InChI is InChI=1S/C19H24N4O4S/c1-12(24)9-23-10-17(20-11-23)28(26,27)22-19(25)21-18-15-6-2-4-13(15)8-14-5-3-7-16(14)18/h8,10-12,24H,2-7,9H2,1H3,(H2,21,22,25)/t12-/m0/s1. The number of aromatic nitrogens is 2. The second-order valence-corrected chi connectivity index (χ2v) is 9.18. The Morgan fingerprint density at radius 3 is 2.46 bits per heavy atom. The van der Waals surface area contributed by atoms with E-state index in [4.69, 9.17) is 0 Å². The number of nitrogens with zero attached hydrogens (tertiary/aromatic N) is 2. The molecule has 0 fully saturated rings. The van der Waals surface area contributed by atoms with Crippen molar-refractivity contribution in [3.05, 3.63) is 40.8 Å². The molecule has 3 N–H and O–H groups in total. The first-order valence-corrected chi connectivity index (χ1v) is 11.0. The molecule has 2 amide bonds. The Labute approximate surface area is 164 Å². The fourth-order valence-electron chi connectivity index (χ4n) is 4.16. The number of carbonyl (C=O) groups is 1. The minimum atomic E-state index is -4.10. The molecule has 1 aromatic heterocycles. The number of carbonyl (C=O) groups excluding carboxylic acids is 1. The molecule has 1 atom stereocenters. The maximum absolute atomic E-state index is 12.5. The molecular formula is C19H24N4O4S. The summed E-state index contributed by atoms with van der Waals surface area (Å²) in [6.45, 7) is 1.81. The van der Waals surface area contributed by atoms with Gasteiger partial charge < -0.3 is 15.0 Å². The minimum Gasteiger partial charge on any atom is -0.392 e. The molecule has 2 aliphatic rings. The van der Waals surface area contributed by atoms with Gasteiger partial charge in [0.15, 0.2) is 5.03 Å². The minimum absolute atomic E-state index is 0.219. The largest absolute Gasteiger partial charge is 0.392 e. The Hall–Kier alpha value is -2.39. The number of imidazole rings is 1. The molecule has 8 nitrogen and oxygen atoms in total. The van der Waals surface area contributed by atoms with E-state index in [1.165, 1.54) is 28.2 Å². The lowest BCUT2D eigenvalue weighted by molar-refractivity contribution is 0.173. The molecule has 2 aromatic rings. The first kappa shape index (κ1) is 18.9. The van der Waals surface area contributed by atoms with Crippen LogP contribution < -0.4 is 10.0 Å². The van der Waals surface area contributed by atoms with Crippen molar-refractivity contribution in [1.29, 1.82) is 0 Å². The average molecular weight is 404 g/mol. The van der Waals surface area contributed by atoms with Crippen LogP contribution in [0.4, 0.5) is 10.5 Å². The fraction of sp³-hybridized carbons (Fsp3) is 0.474. The highest BCUT2D eigenvalue weighted by atomic mass is 32.2. The van der Waals surface area contributed by atoms with Crippen LogP contribution in [0.25, 0.3) is 0 Å². The van der Waals surface area contributed by atoms with Crippen LogP contribution in [0.3, 0.4) is 0 Å². The number of hydrogen-bond donors (Lipinski definition) is 3. The van der Waals surface area contributed by atoms with Gasteiger partial charge in [-0.15, -0.1) is 0 Å². The molecule has 9 heteroatoms. The third-order valence-electron chi connectivity index (χ3n) is 5.30. The Balaban J connectivity index is 1.53. The molecule has 0 unspecified atom stereocenters. The summed E-state index contributed by atoms with van der Waals surface area (Å²) in [6, 6.07) is 1.47. The number of aryl methyl sites for hydroxylation is 2. The van der Waals surface area contributed by atoms with Crippen molar-refractivity contribution in [1.82, 2.24) is 14.3 Å². The third kappa shape index (κ3) is 3.64. The first-order valence-electron chi connectivity index (χ1n) is 9.53. The van der Waals surface area contributed by atoms with Crippen molar-refractivity contribution in [3.63, 3.8) is 0 Å². The number of hydrogen-bond acceptors (Lipinski definition) is 5. The van der Waals surface area contributed by atoms with Crippen molar-refractivity contribution >= 4 is 21.7 Å². The van der Waals surface area contributed by atoms with E-state index in [-0.39, 0.29) is 11.6 Å². The van der Waals surface area contributed by atoms with E-state index in [1.807, 2.05) is 0 Å². The highest BCUT2D eigenvalue weighted by Gasteiger charge is 2.27.